The Bertz CT molecular complexity index is 1290. The Morgan fingerprint density at radius 3 is 2.29 bits per heavy atom. The van der Waals surface area contributed by atoms with Crippen molar-refractivity contribution in [2.45, 2.75) is 52.8 Å². The van der Waals surface area contributed by atoms with Crippen LogP contribution in [0.15, 0.2) is 72.8 Å². The summed E-state index contributed by atoms with van der Waals surface area (Å²) in [5.41, 5.74) is 4.93. The molecule has 0 saturated carbocycles. The van der Waals surface area contributed by atoms with Crippen molar-refractivity contribution < 1.29 is 19.1 Å². The molecule has 1 aliphatic rings. The van der Waals surface area contributed by atoms with Gasteiger partial charge in [-0.15, -0.1) is 0 Å². The molecule has 4 rings (SSSR count). The van der Waals surface area contributed by atoms with E-state index in [1.165, 1.54) is 4.90 Å². The molecular weight excluding hydrogens is 478 g/mol. The van der Waals surface area contributed by atoms with Crippen LogP contribution in [-0.4, -0.2) is 35.4 Å². The van der Waals surface area contributed by atoms with Crippen LogP contribution in [0, 0.1) is 19.8 Å². The largest absolute Gasteiger partial charge is 0.438 e. The molecule has 0 spiro atoms. The SMILES string of the molecule is Cc1ccc(C(=O)Nc2ccc(C3OC(=O)N(Cc4ccccc4C)C3C(=O)NCCC(C)C)cc2)cc1. The van der Waals surface area contributed by atoms with Crippen LogP contribution in [0.4, 0.5) is 10.5 Å². The van der Waals surface area contributed by atoms with Gasteiger partial charge in [-0.3, -0.25) is 14.5 Å². The smallest absolute Gasteiger partial charge is 0.411 e. The van der Waals surface area contributed by atoms with Gasteiger partial charge in [0.25, 0.3) is 5.91 Å². The molecule has 7 heteroatoms. The van der Waals surface area contributed by atoms with Gasteiger partial charge in [0.05, 0.1) is 6.54 Å². The fourth-order valence-electron chi connectivity index (χ4n) is 4.43. The predicted molar refractivity (Wildman–Crippen MR) is 148 cm³/mol. The zero-order valence-corrected chi connectivity index (χ0v) is 22.4. The number of carbonyl (C=O) groups is 3. The molecule has 1 saturated heterocycles. The highest BCUT2D eigenvalue weighted by Gasteiger charge is 2.47. The Morgan fingerprint density at radius 1 is 0.947 bits per heavy atom. The van der Waals surface area contributed by atoms with Crippen LogP contribution in [-0.2, 0) is 16.1 Å². The minimum absolute atomic E-state index is 0.211. The van der Waals surface area contributed by atoms with E-state index in [9.17, 15) is 14.4 Å². The maximum absolute atomic E-state index is 13.4. The molecule has 0 aromatic heterocycles. The summed E-state index contributed by atoms with van der Waals surface area (Å²) in [6.07, 6.45) is -0.461. The number of anilines is 1. The molecule has 1 aliphatic heterocycles. The van der Waals surface area contributed by atoms with Gasteiger partial charge < -0.3 is 15.4 Å². The van der Waals surface area contributed by atoms with Gasteiger partial charge in [-0.25, -0.2) is 4.79 Å². The highest BCUT2D eigenvalue weighted by molar-refractivity contribution is 6.04. The third-order valence-electron chi connectivity index (χ3n) is 6.79. The number of rotatable bonds is 9. The first-order chi connectivity index (χ1) is 18.2. The molecule has 0 aliphatic carbocycles. The Kier molecular flexibility index (Phi) is 8.46. The van der Waals surface area contributed by atoms with Crippen LogP contribution < -0.4 is 10.6 Å². The molecular formula is C31H35N3O4. The van der Waals surface area contributed by atoms with Crippen LogP contribution in [0.5, 0.6) is 0 Å². The molecule has 3 aromatic rings. The van der Waals surface area contributed by atoms with Crippen molar-refractivity contribution in [3.05, 3.63) is 101 Å². The van der Waals surface area contributed by atoms with Crippen LogP contribution in [0.2, 0.25) is 0 Å². The van der Waals surface area contributed by atoms with Crippen molar-refractivity contribution >= 4 is 23.6 Å². The number of hydrogen-bond acceptors (Lipinski definition) is 4. The maximum Gasteiger partial charge on any atom is 0.411 e. The number of hydrogen-bond donors (Lipinski definition) is 2. The number of ether oxygens (including phenoxy) is 1. The molecule has 1 heterocycles. The van der Waals surface area contributed by atoms with E-state index < -0.39 is 18.2 Å². The first-order valence-electron chi connectivity index (χ1n) is 13.0. The summed E-state index contributed by atoms with van der Waals surface area (Å²) in [6, 6.07) is 21.4. The van der Waals surface area contributed by atoms with Crippen molar-refractivity contribution in [3.63, 3.8) is 0 Å². The van der Waals surface area contributed by atoms with Gasteiger partial charge in [-0.1, -0.05) is 67.9 Å². The van der Waals surface area contributed by atoms with E-state index in [4.69, 9.17) is 4.74 Å². The highest BCUT2D eigenvalue weighted by atomic mass is 16.6. The lowest BCUT2D eigenvalue weighted by atomic mass is 9.99. The lowest BCUT2D eigenvalue weighted by molar-refractivity contribution is -0.126. The lowest BCUT2D eigenvalue weighted by Crippen LogP contribution is -2.46. The number of nitrogens with zero attached hydrogens (tertiary/aromatic N) is 1. The number of benzene rings is 3. The summed E-state index contributed by atoms with van der Waals surface area (Å²) in [4.78, 5) is 40.5. The highest BCUT2D eigenvalue weighted by Crippen LogP contribution is 2.35. The number of nitrogens with one attached hydrogen (secondary N) is 2. The minimum atomic E-state index is -0.817. The van der Waals surface area contributed by atoms with Crippen molar-refractivity contribution in [1.82, 2.24) is 10.2 Å². The van der Waals surface area contributed by atoms with E-state index in [2.05, 4.69) is 24.5 Å². The predicted octanol–water partition coefficient (Wildman–Crippen LogP) is 5.78. The van der Waals surface area contributed by atoms with Gasteiger partial charge in [-0.2, -0.15) is 0 Å². The fourth-order valence-corrected chi connectivity index (χ4v) is 4.43. The topological polar surface area (TPSA) is 87.7 Å². The second kappa shape index (κ2) is 11.9. The molecule has 3 aromatic carbocycles. The van der Waals surface area contributed by atoms with Crippen LogP contribution in [0.3, 0.4) is 0 Å². The number of aryl methyl sites for hydroxylation is 2. The summed E-state index contributed by atoms with van der Waals surface area (Å²) in [5.74, 6) is -0.0121. The van der Waals surface area contributed by atoms with Crippen LogP contribution in [0.25, 0.3) is 0 Å². The Hall–Kier alpha value is -4.13. The quantitative estimate of drug-likeness (QED) is 0.380. The molecule has 0 bridgehead atoms. The third kappa shape index (κ3) is 6.40. The maximum atomic E-state index is 13.4. The first kappa shape index (κ1) is 26.9. The zero-order valence-electron chi connectivity index (χ0n) is 22.4. The first-order valence-corrected chi connectivity index (χ1v) is 13.0. The summed E-state index contributed by atoms with van der Waals surface area (Å²) < 4.78 is 5.77. The average Bonchev–Trinajstić information content (AvgIpc) is 3.21. The van der Waals surface area contributed by atoms with Crippen LogP contribution in [0.1, 0.15) is 59.0 Å². The van der Waals surface area contributed by atoms with Gasteiger partial charge in [0.1, 0.15) is 0 Å². The molecule has 2 N–H and O–H groups in total. The average molecular weight is 514 g/mol. The second-order valence-corrected chi connectivity index (χ2v) is 10.2. The standard InChI is InChI=1S/C31H35N3O4/c1-20(2)17-18-32-30(36)27-28(38-31(37)34(27)19-25-8-6-5-7-22(25)4)23-13-15-26(16-14-23)33-29(35)24-11-9-21(3)10-12-24/h5-16,20,27-28H,17-19H2,1-4H3,(H,32,36)(H,33,35). The summed E-state index contributed by atoms with van der Waals surface area (Å²) in [5, 5.41) is 5.88. The van der Waals surface area contributed by atoms with Gasteiger partial charge in [-0.05, 0) is 67.1 Å². The van der Waals surface area contributed by atoms with Gasteiger partial charge in [0.2, 0.25) is 5.91 Å². The Morgan fingerprint density at radius 2 is 1.63 bits per heavy atom. The lowest BCUT2D eigenvalue weighted by Gasteiger charge is -2.25. The van der Waals surface area contributed by atoms with Gasteiger partial charge >= 0.3 is 6.09 Å². The van der Waals surface area contributed by atoms with E-state index in [0.29, 0.717) is 29.3 Å². The molecule has 38 heavy (non-hydrogen) atoms. The van der Waals surface area contributed by atoms with E-state index in [1.807, 2.05) is 50.2 Å². The molecule has 0 radical (unpaired) electrons. The summed E-state index contributed by atoms with van der Waals surface area (Å²) in [6.45, 7) is 8.94. The van der Waals surface area contributed by atoms with E-state index in [-0.39, 0.29) is 18.4 Å². The van der Waals surface area contributed by atoms with E-state index >= 15 is 0 Å². The molecule has 3 amide bonds. The molecule has 198 valence electrons. The van der Waals surface area contributed by atoms with Gasteiger partial charge in [0, 0.05) is 17.8 Å². The van der Waals surface area contributed by atoms with E-state index in [0.717, 1.165) is 23.1 Å². The normalized spacial score (nSPS) is 16.9. The monoisotopic (exact) mass is 513 g/mol. The molecule has 2 unspecified atom stereocenters. The Balaban J connectivity index is 1.54. The van der Waals surface area contributed by atoms with Crippen molar-refractivity contribution in [2.24, 2.45) is 5.92 Å². The Labute approximate surface area is 224 Å². The number of cyclic esters (lactones) is 1. The fraction of sp³-hybridized carbons (Fsp3) is 0.323. The summed E-state index contributed by atoms with van der Waals surface area (Å²) >= 11 is 0. The van der Waals surface area contributed by atoms with Crippen molar-refractivity contribution in [3.8, 4) is 0 Å². The van der Waals surface area contributed by atoms with Gasteiger partial charge in [0.15, 0.2) is 12.1 Å². The molecule has 7 nitrogen and oxygen atoms in total. The van der Waals surface area contributed by atoms with Crippen molar-refractivity contribution in [2.75, 3.05) is 11.9 Å². The van der Waals surface area contributed by atoms with Crippen molar-refractivity contribution in [1.29, 1.82) is 0 Å². The molecule has 2 atom stereocenters. The zero-order chi connectivity index (χ0) is 27.2. The molecule has 1 fully saturated rings. The van der Waals surface area contributed by atoms with E-state index in [1.54, 1.807) is 36.4 Å². The minimum Gasteiger partial charge on any atom is -0.438 e. The number of amides is 3. The second-order valence-electron chi connectivity index (χ2n) is 10.2. The third-order valence-corrected chi connectivity index (χ3v) is 6.79. The number of carbonyl (C=O) groups excluding carboxylic acids is 3. The summed E-state index contributed by atoms with van der Waals surface area (Å²) in [7, 11) is 0. The van der Waals surface area contributed by atoms with Crippen LogP contribution >= 0.6 is 0 Å².